The fourth-order valence-electron chi connectivity index (χ4n) is 2.26. The van der Waals surface area contributed by atoms with Crippen LogP contribution in [0.1, 0.15) is 27.2 Å². The molecule has 5 nitrogen and oxygen atoms in total. The first-order valence-corrected chi connectivity index (χ1v) is 7.38. The fraction of sp³-hybridized carbons (Fsp3) is 0.118. The van der Waals surface area contributed by atoms with Gasteiger partial charge in [0.2, 0.25) is 5.78 Å². The largest absolute Gasteiger partial charge is 0.412 e. The van der Waals surface area contributed by atoms with E-state index in [2.05, 4.69) is 25.9 Å². The molecule has 0 aliphatic rings. The molecule has 6 heteroatoms. The van der Waals surface area contributed by atoms with Crippen LogP contribution in [0.25, 0.3) is 10.9 Å². The first kappa shape index (κ1) is 18.9. The van der Waals surface area contributed by atoms with Gasteiger partial charge in [-0.15, -0.1) is 0 Å². The molecule has 1 heterocycles. The summed E-state index contributed by atoms with van der Waals surface area (Å²) in [5.74, 6) is -0.0908. The molecule has 120 valence electrons. The van der Waals surface area contributed by atoms with Crippen molar-refractivity contribution in [2.24, 2.45) is 0 Å². The molecule has 0 saturated carbocycles. The second-order valence-electron chi connectivity index (χ2n) is 5.02. The number of carbonyl (C=O) groups is 1. The van der Waals surface area contributed by atoms with E-state index < -0.39 is 0 Å². The number of nitrogens with zero attached hydrogens (tertiary/aromatic N) is 2. The minimum Gasteiger partial charge on any atom is -0.412 e. The molecule has 3 aromatic rings. The monoisotopic (exact) mass is 376 g/mol. The number of aromatic nitrogens is 2. The van der Waals surface area contributed by atoms with Crippen molar-refractivity contribution in [3.63, 3.8) is 0 Å². The molecular weight excluding hydrogens is 360 g/mol. The highest BCUT2D eigenvalue weighted by Crippen LogP contribution is 2.22. The highest BCUT2D eigenvalue weighted by molar-refractivity contribution is 9.10. The number of aryl methyl sites for hydroxylation is 2. The van der Waals surface area contributed by atoms with Crippen molar-refractivity contribution >= 4 is 32.6 Å². The van der Waals surface area contributed by atoms with Crippen molar-refractivity contribution in [1.82, 2.24) is 9.97 Å². The average Bonchev–Trinajstić information content (AvgIpc) is 2.47. The van der Waals surface area contributed by atoms with E-state index in [-0.39, 0.29) is 16.7 Å². The molecule has 1 aromatic heterocycles. The summed E-state index contributed by atoms with van der Waals surface area (Å²) < 4.78 is 0.874. The highest BCUT2D eigenvalue weighted by Gasteiger charge is 2.15. The summed E-state index contributed by atoms with van der Waals surface area (Å²) in [7, 11) is 0. The molecule has 0 amide bonds. The Labute approximate surface area is 142 Å². The topological polar surface area (TPSA) is 106 Å². The van der Waals surface area contributed by atoms with Crippen molar-refractivity contribution in [3.05, 3.63) is 69.6 Å². The molecule has 0 unspecified atom stereocenters. The lowest BCUT2D eigenvalue weighted by Crippen LogP contribution is -2.06. The molecule has 0 fully saturated rings. The second-order valence-corrected chi connectivity index (χ2v) is 5.93. The van der Waals surface area contributed by atoms with Crippen molar-refractivity contribution < 1.29 is 15.7 Å². The lowest BCUT2D eigenvalue weighted by Gasteiger charge is -2.07. The Morgan fingerprint density at radius 3 is 2.39 bits per heavy atom. The molecule has 0 bridgehead atoms. The number of rotatable bonds is 2. The number of carbonyl (C=O) groups excluding carboxylic acids is 1. The standard InChI is InChI=1S/C17H13BrN2O.2H2O/c1-10-6-14-15(7-11(10)2)19-9-20-16(14)17(21)12-4-3-5-13(18)8-12;;/h3-9H,1-2H3;2*1H2. The number of benzene rings is 2. The summed E-state index contributed by atoms with van der Waals surface area (Å²) in [5, 5.41) is 0.797. The molecule has 3 rings (SSSR count). The summed E-state index contributed by atoms with van der Waals surface area (Å²) in [6.45, 7) is 4.06. The predicted molar refractivity (Wildman–Crippen MR) is 93.8 cm³/mol. The van der Waals surface area contributed by atoms with Gasteiger partial charge >= 0.3 is 0 Å². The molecule has 0 saturated heterocycles. The molecule has 23 heavy (non-hydrogen) atoms. The first-order chi connectivity index (χ1) is 10.1. The van der Waals surface area contributed by atoms with Gasteiger partial charge in [-0.2, -0.15) is 0 Å². The Morgan fingerprint density at radius 2 is 1.70 bits per heavy atom. The zero-order valence-electron chi connectivity index (χ0n) is 12.7. The SMILES string of the molecule is Cc1cc2ncnc(C(=O)c3cccc(Br)c3)c2cc1C.O.O. The van der Waals surface area contributed by atoms with E-state index in [4.69, 9.17) is 0 Å². The van der Waals surface area contributed by atoms with E-state index >= 15 is 0 Å². The first-order valence-electron chi connectivity index (χ1n) is 6.58. The van der Waals surface area contributed by atoms with Crippen LogP contribution in [0, 0.1) is 13.8 Å². The molecule has 4 N–H and O–H groups in total. The molecule has 0 aliphatic carbocycles. The number of hydrogen-bond donors (Lipinski definition) is 0. The molecule has 0 aliphatic heterocycles. The molecule has 0 spiro atoms. The minimum atomic E-state index is -0.0908. The maximum absolute atomic E-state index is 12.7. The Kier molecular flexibility index (Phi) is 6.09. The van der Waals surface area contributed by atoms with E-state index in [0.29, 0.717) is 11.3 Å². The predicted octanol–water partition coefficient (Wildman–Crippen LogP) is 2.59. The van der Waals surface area contributed by atoms with E-state index in [9.17, 15) is 4.79 Å². The van der Waals surface area contributed by atoms with Crippen LogP contribution in [0.3, 0.4) is 0 Å². The molecule has 2 aromatic carbocycles. The Balaban J connectivity index is 0.00000132. The van der Waals surface area contributed by atoms with Gasteiger partial charge in [0.25, 0.3) is 0 Å². The lowest BCUT2D eigenvalue weighted by molar-refractivity contribution is 0.103. The zero-order chi connectivity index (χ0) is 15.0. The van der Waals surface area contributed by atoms with Crippen LogP contribution in [0.15, 0.2) is 47.2 Å². The maximum atomic E-state index is 12.7. The third-order valence-electron chi connectivity index (χ3n) is 3.55. The van der Waals surface area contributed by atoms with Crippen molar-refractivity contribution in [3.8, 4) is 0 Å². The highest BCUT2D eigenvalue weighted by atomic mass is 79.9. The van der Waals surface area contributed by atoms with Gasteiger partial charge in [0.15, 0.2) is 0 Å². The van der Waals surface area contributed by atoms with E-state index in [1.165, 1.54) is 6.33 Å². The maximum Gasteiger partial charge on any atom is 0.212 e. The number of fused-ring (bicyclic) bond motifs is 1. The average molecular weight is 377 g/mol. The smallest absolute Gasteiger partial charge is 0.212 e. The fourth-order valence-corrected chi connectivity index (χ4v) is 2.66. The molecule has 0 radical (unpaired) electrons. The van der Waals surface area contributed by atoms with Gasteiger partial charge in [-0.1, -0.05) is 28.1 Å². The van der Waals surface area contributed by atoms with E-state index in [1.807, 2.05) is 38.1 Å². The van der Waals surface area contributed by atoms with Crippen LogP contribution in [0.5, 0.6) is 0 Å². The van der Waals surface area contributed by atoms with Gasteiger partial charge in [-0.05, 0) is 49.2 Å². The summed E-state index contributed by atoms with van der Waals surface area (Å²) in [5.41, 5.74) is 4.14. The third-order valence-corrected chi connectivity index (χ3v) is 4.05. The summed E-state index contributed by atoms with van der Waals surface area (Å²) >= 11 is 3.39. The van der Waals surface area contributed by atoms with Crippen molar-refractivity contribution in [2.75, 3.05) is 0 Å². The quantitative estimate of drug-likeness (QED) is 0.641. The Morgan fingerprint density at radius 1 is 1.00 bits per heavy atom. The normalized spacial score (nSPS) is 9.87. The van der Waals surface area contributed by atoms with Crippen LogP contribution in [0.2, 0.25) is 0 Å². The van der Waals surface area contributed by atoms with Crippen LogP contribution < -0.4 is 0 Å². The van der Waals surface area contributed by atoms with Gasteiger partial charge < -0.3 is 11.0 Å². The number of hydrogen-bond acceptors (Lipinski definition) is 3. The van der Waals surface area contributed by atoms with Gasteiger partial charge in [-0.3, -0.25) is 4.79 Å². The van der Waals surface area contributed by atoms with Gasteiger partial charge in [-0.25, -0.2) is 9.97 Å². The van der Waals surface area contributed by atoms with Crippen LogP contribution in [0.4, 0.5) is 0 Å². The second kappa shape index (κ2) is 7.41. The summed E-state index contributed by atoms with van der Waals surface area (Å²) in [6.07, 6.45) is 1.45. The number of ketones is 1. The lowest BCUT2D eigenvalue weighted by atomic mass is 10.0. The van der Waals surface area contributed by atoms with Crippen molar-refractivity contribution in [2.45, 2.75) is 13.8 Å². The Bertz CT molecular complexity index is 866. The summed E-state index contributed by atoms with van der Waals surface area (Å²) in [6, 6.07) is 11.3. The van der Waals surface area contributed by atoms with Gasteiger partial charge in [0, 0.05) is 15.4 Å². The minimum absolute atomic E-state index is 0. The van der Waals surface area contributed by atoms with Crippen LogP contribution in [-0.4, -0.2) is 26.7 Å². The zero-order valence-corrected chi connectivity index (χ0v) is 14.3. The van der Waals surface area contributed by atoms with E-state index in [0.717, 1.165) is 26.5 Å². The third kappa shape index (κ3) is 3.61. The van der Waals surface area contributed by atoms with Gasteiger partial charge in [0.05, 0.1) is 5.52 Å². The Hall–Kier alpha value is -2.15. The van der Waals surface area contributed by atoms with Crippen LogP contribution in [-0.2, 0) is 0 Å². The molecule has 0 atom stereocenters. The number of halogens is 1. The van der Waals surface area contributed by atoms with Gasteiger partial charge in [0.1, 0.15) is 12.0 Å². The van der Waals surface area contributed by atoms with Crippen molar-refractivity contribution in [1.29, 1.82) is 0 Å². The molecular formula is C17H17BrN2O3. The summed E-state index contributed by atoms with van der Waals surface area (Å²) in [4.78, 5) is 21.2. The van der Waals surface area contributed by atoms with E-state index in [1.54, 1.807) is 12.1 Å². The van der Waals surface area contributed by atoms with Crippen LogP contribution >= 0.6 is 15.9 Å².